The maximum Gasteiger partial charge on any atom is 0.257 e. The number of carbonyl (C=O) groups is 1. The Bertz CT molecular complexity index is 712. The van der Waals surface area contributed by atoms with Crippen molar-refractivity contribution in [3.8, 4) is 11.5 Å². The van der Waals surface area contributed by atoms with Gasteiger partial charge in [0.05, 0.1) is 7.11 Å². The lowest BCUT2D eigenvalue weighted by Crippen LogP contribution is -2.30. The van der Waals surface area contributed by atoms with E-state index in [9.17, 15) is 4.79 Å². The summed E-state index contributed by atoms with van der Waals surface area (Å²) in [6.45, 7) is 0.539. The van der Waals surface area contributed by atoms with Gasteiger partial charge in [0.2, 0.25) is 0 Å². The molecule has 0 aromatic heterocycles. The minimum Gasteiger partial charge on any atom is -0.497 e. The number of halogens is 2. The fourth-order valence-electron chi connectivity index (χ4n) is 1.97. The summed E-state index contributed by atoms with van der Waals surface area (Å²) in [5.74, 6) is 2.68. The Morgan fingerprint density at radius 3 is 2.72 bits per heavy atom. The van der Waals surface area contributed by atoms with Gasteiger partial charge < -0.3 is 14.8 Å². The van der Waals surface area contributed by atoms with Crippen molar-refractivity contribution in [2.75, 3.05) is 26.0 Å². The lowest BCUT2D eigenvalue weighted by atomic mass is 10.2. The first-order valence-electron chi connectivity index (χ1n) is 7.63. The molecule has 0 aliphatic carbocycles. The van der Waals surface area contributed by atoms with E-state index in [2.05, 4.69) is 5.32 Å². The second kappa shape index (κ2) is 10.4. The number of carbonyl (C=O) groups excluding carboxylic acids is 1. The molecule has 25 heavy (non-hydrogen) atoms. The van der Waals surface area contributed by atoms with Crippen LogP contribution >= 0.6 is 35.0 Å². The van der Waals surface area contributed by atoms with Gasteiger partial charge in [0.25, 0.3) is 5.91 Å². The molecule has 0 aliphatic rings. The third-order valence-electron chi connectivity index (χ3n) is 3.25. The molecule has 0 heterocycles. The van der Waals surface area contributed by atoms with Crippen molar-refractivity contribution in [1.29, 1.82) is 0 Å². The third-order valence-corrected chi connectivity index (χ3v) is 4.85. The number of hydrogen-bond donors (Lipinski definition) is 1. The zero-order valence-corrected chi connectivity index (χ0v) is 16.1. The lowest BCUT2D eigenvalue weighted by molar-refractivity contribution is -0.122. The molecule has 0 spiro atoms. The van der Waals surface area contributed by atoms with Crippen LogP contribution in [-0.2, 0) is 10.5 Å². The second-order valence-electron chi connectivity index (χ2n) is 5.11. The largest absolute Gasteiger partial charge is 0.497 e. The summed E-state index contributed by atoms with van der Waals surface area (Å²) in [5, 5.41) is 4.11. The van der Waals surface area contributed by atoms with Crippen LogP contribution in [0.1, 0.15) is 5.56 Å². The summed E-state index contributed by atoms with van der Waals surface area (Å²) >= 11 is 13.7. The van der Waals surface area contributed by atoms with Gasteiger partial charge in [-0.3, -0.25) is 4.79 Å². The highest BCUT2D eigenvalue weighted by atomic mass is 35.5. The molecule has 1 amide bonds. The first kappa shape index (κ1) is 19.8. The molecule has 0 fully saturated rings. The topological polar surface area (TPSA) is 47.6 Å². The molecule has 0 atom stereocenters. The molecule has 2 aromatic rings. The Morgan fingerprint density at radius 1 is 1.16 bits per heavy atom. The molecule has 2 aromatic carbocycles. The number of methoxy groups -OCH3 is 1. The van der Waals surface area contributed by atoms with E-state index < -0.39 is 0 Å². The minimum absolute atomic E-state index is 0.0269. The summed E-state index contributed by atoms with van der Waals surface area (Å²) < 4.78 is 10.5. The number of ether oxygens (including phenoxy) is 2. The van der Waals surface area contributed by atoms with Crippen LogP contribution in [0, 0.1) is 0 Å². The number of hydrogen-bond acceptors (Lipinski definition) is 4. The van der Waals surface area contributed by atoms with Crippen LogP contribution in [0.15, 0.2) is 42.5 Å². The number of rotatable bonds is 9. The third kappa shape index (κ3) is 7.06. The number of amides is 1. The molecule has 0 unspecified atom stereocenters. The van der Waals surface area contributed by atoms with E-state index >= 15 is 0 Å². The molecule has 0 saturated heterocycles. The summed E-state index contributed by atoms with van der Waals surface area (Å²) in [7, 11) is 1.58. The van der Waals surface area contributed by atoms with Gasteiger partial charge in [0, 0.05) is 34.2 Å². The number of benzene rings is 2. The van der Waals surface area contributed by atoms with Gasteiger partial charge in [0.1, 0.15) is 11.5 Å². The highest BCUT2D eigenvalue weighted by molar-refractivity contribution is 7.98. The van der Waals surface area contributed by atoms with Gasteiger partial charge >= 0.3 is 0 Å². The summed E-state index contributed by atoms with van der Waals surface area (Å²) in [6, 6.07) is 12.6. The average Bonchev–Trinajstić information content (AvgIpc) is 2.61. The maximum absolute atomic E-state index is 11.8. The van der Waals surface area contributed by atoms with E-state index in [1.807, 2.05) is 24.3 Å². The highest BCUT2D eigenvalue weighted by Gasteiger charge is 2.04. The van der Waals surface area contributed by atoms with Gasteiger partial charge in [-0.15, -0.1) is 0 Å². The van der Waals surface area contributed by atoms with Crippen LogP contribution in [0.4, 0.5) is 0 Å². The van der Waals surface area contributed by atoms with Crippen LogP contribution < -0.4 is 14.8 Å². The van der Waals surface area contributed by atoms with Crippen LogP contribution in [0.25, 0.3) is 0 Å². The van der Waals surface area contributed by atoms with Gasteiger partial charge in [0.15, 0.2) is 6.61 Å². The summed E-state index contributed by atoms with van der Waals surface area (Å²) in [6.07, 6.45) is 0. The maximum atomic E-state index is 11.8. The van der Waals surface area contributed by atoms with Crippen LogP contribution in [0.2, 0.25) is 10.0 Å². The van der Waals surface area contributed by atoms with Crippen molar-refractivity contribution < 1.29 is 14.3 Å². The first-order chi connectivity index (χ1) is 12.1. The molecule has 2 rings (SSSR count). The average molecular weight is 400 g/mol. The molecule has 1 N–H and O–H groups in total. The summed E-state index contributed by atoms with van der Waals surface area (Å²) in [5.41, 5.74) is 1.03. The second-order valence-corrected chi connectivity index (χ2v) is 7.05. The van der Waals surface area contributed by atoms with Gasteiger partial charge in [-0.1, -0.05) is 35.3 Å². The Hall–Kier alpha value is -1.56. The SMILES string of the molecule is COc1cccc(OCC(=O)NCCSCc2ccc(Cl)cc2Cl)c1. The fraction of sp³-hybridized carbons (Fsp3) is 0.278. The van der Waals surface area contributed by atoms with E-state index in [0.717, 1.165) is 17.1 Å². The van der Waals surface area contributed by atoms with E-state index in [4.69, 9.17) is 32.7 Å². The predicted octanol–water partition coefficient (Wildman–Crippen LogP) is 4.43. The van der Waals surface area contributed by atoms with Crippen molar-refractivity contribution in [3.05, 3.63) is 58.1 Å². The van der Waals surface area contributed by atoms with E-state index in [0.29, 0.717) is 28.1 Å². The van der Waals surface area contributed by atoms with E-state index in [1.54, 1.807) is 37.1 Å². The molecule has 0 radical (unpaired) electrons. The van der Waals surface area contributed by atoms with Crippen LogP contribution in [0.5, 0.6) is 11.5 Å². The molecule has 0 saturated carbocycles. The minimum atomic E-state index is -0.159. The highest BCUT2D eigenvalue weighted by Crippen LogP contribution is 2.24. The molecular formula is C18H19Cl2NO3S. The Balaban J connectivity index is 1.62. The Labute approximate surface area is 161 Å². The zero-order valence-electron chi connectivity index (χ0n) is 13.8. The van der Waals surface area contributed by atoms with Crippen molar-refractivity contribution in [3.63, 3.8) is 0 Å². The quantitative estimate of drug-likeness (QED) is 0.633. The van der Waals surface area contributed by atoms with Crippen LogP contribution in [-0.4, -0.2) is 31.9 Å². The van der Waals surface area contributed by atoms with E-state index in [-0.39, 0.29) is 12.5 Å². The van der Waals surface area contributed by atoms with Crippen molar-refractivity contribution in [2.24, 2.45) is 0 Å². The van der Waals surface area contributed by atoms with Crippen molar-refractivity contribution in [1.82, 2.24) is 5.32 Å². The fourth-order valence-corrected chi connectivity index (χ4v) is 3.39. The first-order valence-corrected chi connectivity index (χ1v) is 9.55. The number of thioether (sulfide) groups is 1. The Kier molecular flexibility index (Phi) is 8.25. The summed E-state index contributed by atoms with van der Waals surface area (Å²) in [4.78, 5) is 11.8. The lowest BCUT2D eigenvalue weighted by Gasteiger charge is -2.09. The van der Waals surface area contributed by atoms with Gasteiger partial charge in [-0.25, -0.2) is 0 Å². The standard InChI is InChI=1S/C18H19Cl2NO3S/c1-23-15-3-2-4-16(10-15)24-11-18(22)21-7-8-25-12-13-5-6-14(19)9-17(13)20/h2-6,9-10H,7-8,11-12H2,1H3,(H,21,22). The van der Waals surface area contributed by atoms with Crippen molar-refractivity contribution in [2.45, 2.75) is 5.75 Å². The number of nitrogens with one attached hydrogen (secondary N) is 1. The molecular weight excluding hydrogens is 381 g/mol. The predicted molar refractivity (Wildman–Crippen MR) is 104 cm³/mol. The molecule has 7 heteroatoms. The van der Waals surface area contributed by atoms with Gasteiger partial charge in [-0.2, -0.15) is 11.8 Å². The molecule has 4 nitrogen and oxygen atoms in total. The monoisotopic (exact) mass is 399 g/mol. The van der Waals surface area contributed by atoms with E-state index in [1.165, 1.54) is 0 Å². The smallest absolute Gasteiger partial charge is 0.257 e. The zero-order chi connectivity index (χ0) is 18.1. The normalized spacial score (nSPS) is 10.4. The van der Waals surface area contributed by atoms with Gasteiger partial charge in [-0.05, 0) is 29.8 Å². The molecule has 134 valence electrons. The molecule has 0 aliphatic heterocycles. The van der Waals surface area contributed by atoms with Crippen LogP contribution in [0.3, 0.4) is 0 Å². The Morgan fingerprint density at radius 2 is 1.96 bits per heavy atom. The molecule has 0 bridgehead atoms. The van der Waals surface area contributed by atoms with Crippen molar-refractivity contribution >= 4 is 40.9 Å².